The van der Waals surface area contributed by atoms with Gasteiger partial charge in [0, 0.05) is 24.7 Å². The molecule has 1 N–H and O–H groups in total. The van der Waals surface area contributed by atoms with Gasteiger partial charge in [-0.3, -0.25) is 0 Å². The molecule has 0 aromatic heterocycles. The van der Waals surface area contributed by atoms with Crippen molar-refractivity contribution in [2.24, 2.45) is 5.41 Å². The summed E-state index contributed by atoms with van der Waals surface area (Å²) in [6, 6.07) is 0.851. The second kappa shape index (κ2) is 6.38. The SMILES string of the molecule is CCN(CC(C)(C)CNC(C)(C)C)C1CCCC1. The number of hydrogen-bond acceptors (Lipinski definition) is 2. The van der Waals surface area contributed by atoms with Gasteiger partial charge in [0.05, 0.1) is 0 Å². The first kappa shape index (κ1) is 16.0. The van der Waals surface area contributed by atoms with Gasteiger partial charge >= 0.3 is 0 Å². The van der Waals surface area contributed by atoms with E-state index in [0.29, 0.717) is 5.41 Å². The van der Waals surface area contributed by atoms with Gasteiger partial charge in [-0.25, -0.2) is 0 Å². The summed E-state index contributed by atoms with van der Waals surface area (Å²) in [5, 5.41) is 3.66. The Balaban J connectivity index is 2.45. The lowest BCUT2D eigenvalue weighted by atomic mass is 9.90. The third-order valence-electron chi connectivity index (χ3n) is 3.98. The maximum Gasteiger partial charge on any atom is 0.00967 e. The summed E-state index contributed by atoms with van der Waals surface area (Å²) in [4.78, 5) is 2.71. The molecule has 0 bridgehead atoms. The van der Waals surface area contributed by atoms with Gasteiger partial charge in [0.25, 0.3) is 0 Å². The van der Waals surface area contributed by atoms with Crippen molar-refractivity contribution in [2.75, 3.05) is 19.6 Å². The van der Waals surface area contributed by atoms with Crippen LogP contribution in [0.5, 0.6) is 0 Å². The fourth-order valence-electron chi connectivity index (χ4n) is 2.88. The average molecular weight is 254 g/mol. The Bertz CT molecular complexity index is 234. The summed E-state index contributed by atoms with van der Waals surface area (Å²) in [6.45, 7) is 17.4. The van der Waals surface area contributed by atoms with Crippen LogP contribution in [0.4, 0.5) is 0 Å². The maximum atomic E-state index is 3.66. The van der Waals surface area contributed by atoms with E-state index >= 15 is 0 Å². The molecule has 0 saturated heterocycles. The summed E-state index contributed by atoms with van der Waals surface area (Å²) < 4.78 is 0. The molecular weight excluding hydrogens is 220 g/mol. The molecule has 1 aliphatic rings. The van der Waals surface area contributed by atoms with Gasteiger partial charge in [0.2, 0.25) is 0 Å². The molecule has 1 fully saturated rings. The second-order valence-corrected chi connectivity index (χ2v) is 7.77. The van der Waals surface area contributed by atoms with Crippen molar-refractivity contribution in [3.8, 4) is 0 Å². The van der Waals surface area contributed by atoms with Gasteiger partial charge in [-0.2, -0.15) is 0 Å². The van der Waals surface area contributed by atoms with Crippen LogP contribution in [0.2, 0.25) is 0 Å². The van der Waals surface area contributed by atoms with Crippen LogP contribution in [0.15, 0.2) is 0 Å². The van der Waals surface area contributed by atoms with Crippen LogP contribution < -0.4 is 5.32 Å². The molecule has 18 heavy (non-hydrogen) atoms. The minimum atomic E-state index is 0.224. The van der Waals surface area contributed by atoms with Crippen LogP contribution in [0.1, 0.15) is 67.2 Å². The summed E-state index contributed by atoms with van der Waals surface area (Å²) in [7, 11) is 0. The predicted octanol–water partition coefficient (Wildman–Crippen LogP) is 3.67. The first-order valence-corrected chi connectivity index (χ1v) is 7.72. The number of rotatable bonds is 6. The molecule has 0 aromatic carbocycles. The standard InChI is InChI=1S/C16H34N2/c1-7-18(14-10-8-9-11-14)13-16(5,6)12-17-15(2,3)4/h14,17H,7-13H2,1-6H3. The van der Waals surface area contributed by atoms with Gasteiger partial charge in [0.1, 0.15) is 0 Å². The van der Waals surface area contributed by atoms with Crippen LogP contribution in [0, 0.1) is 5.41 Å². The molecule has 0 amide bonds. The fourth-order valence-corrected chi connectivity index (χ4v) is 2.88. The molecule has 2 nitrogen and oxygen atoms in total. The molecule has 1 saturated carbocycles. The Labute approximate surface area is 115 Å². The summed E-state index contributed by atoms with van der Waals surface area (Å²) >= 11 is 0. The smallest absolute Gasteiger partial charge is 0.00967 e. The van der Waals surface area contributed by atoms with Crippen LogP contribution in [0.25, 0.3) is 0 Å². The Morgan fingerprint density at radius 3 is 2.06 bits per heavy atom. The van der Waals surface area contributed by atoms with Crippen molar-refractivity contribution in [3.63, 3.8) is 0 Å². The highest BCUT2D eigenvalue weighted by Gasteiger charge is 2.28. The van der Waals surface area contributed by atoms with Gasteiger partial charge in [-0.05, 0) is 45.6 Å². The van der Waals surface area contributed by atoms with E-state index in [2.05, 4.69) is 51.8 Å². The lowest BCUT2D eigenvalue weighted by molar-refractivity contribution is 0.129. The molecule has 0 unspecified atom stereocenters. The van der Waals surface area contributed by atoms with E-state index in [9.17, 15) is 0 Å². The Morgan fingerprint density at radius 2 is 1.61 bits per heavy atom. The monoisotopic (exact) mass is 254 g/mol. The zero-order chi connectivity index (χ0) is 13.8. The molecule has 108 valence electrons. The maximum absolute atomic E-state index is 3.66. The molecule has 1 aliphatic carbocycles. The van der Waals surface area contributed by atoms with Crippen LogP contribution in [-0.4, -0.2) is 36.1 Å². The molecule has 0 heterocycles. The molecule has 0 radical (unpaired) electrons. The van der Waals surface area contributed by atoms with Crippen LogP contribution >= 0.6 is 0 Å². The van der Waals surface area contributed by atoms with E-state index in [1.54, 1.807) is 0 Å². The Kier molecular flexibility index (Phi) is 5.67. The zero-order valence-electron chi connectivity index (χ0n) is 13.5. The summed E-state index contributed by atoms with van der Waals surface area (Å²) in [5.41, 5.74) is 0.577. The molecule has 0 atom stereocenters. The minimum Gasteiger partial charge on any atom is -0.311 e. The van der Waals surface area contributed by atoms with Crippen molar-refractivity contribution >= 4 is 0 Å². The average Bonchev–Trinajstić information content (AvgIpc) is 2.76. The van der Waals surface area contributed by atoms with E-state index in [1.165, 1.54) is 38.8 Å². The van der Waals surface area contributed by atoms with Crippen molar-refractivity contribution in [2.45, 2.75) is 78.8 Å². The molecular formula is C16H34N2. The molecule has 1 rings (SSSR count). The van der Waals surface area contributed by atoms with Gasteiger partial charge in [-0.1, -0.05) is 33.6 Å². The molecule has 0 aliphatic heterocycles. The molecule has 0 aromatic rings. The topological polar surface area (TPSA) is 15.3 Å². The number of nitrogens with zero attached hydrogens (tertiary/aromatic N) is 1. The van der Waals surface area contributed by atoms with Crippen molar-refractivity contribution in [1.82, 2.24) is 10.2 Å². The first-order chi connectivity index (χ1) is 8.23. The lowest BCUT2D eigenvalue weighted by Gasteiger charge is -2.37. The fraction of sp³-hybridized carbons (Fsp3) is 1.00. The summed E-state index contributed by atoms with van der Waals surface area (Å²) in [6.07, 6.45) is 5.69. The first-order valence-electron chi connectivity index (χ1n) is 7.72. The lowest BCUT2D eigenvalue weighted by Crippen LogP contribution is -2.48. The van der Waals surface area contributed by atoms with E-state index in [0.717, 1.165) is 12.6 Å². The molecule has 0 spiro atoms. The largest absolute Gasteiger partial charge is 0.311 e. The van der Waals surface area contributed by atoms with Crippen molar-refractivity contribution in [3.05, 3.63) is 0 Å². The predicted molar refractivity (Wildman–Crippen MR) is 81.0 cm³/mol. The number of hydrogen-bond donors (Lipinski definition) is 1. The number of nitrogens with one attached hydrogen (secondary N) is 1. The van der Waals surface area contributed by atoms with Crippen molar-refractivity contribution in [1.29, 1.82) is 0 Å². The van der Waals surface area contributed by atoms with Crippen molar-refractivity contribution < 1.29 is 0 Å². The van der Waals surface area contributed by atoms with Gasteiger partial charge < -0.3 is 10.2 Å². The zero-order valence-corrected chi connectivity index (χ0v) is 13.5. The van der Waals surface area contributed by atoms with E-state index < -0.39 is 0 Å². The Hall–Kier alpha value is -0.0800. The highest BCUT2D eigenvalue weighted by molar-refractivity contribution is 4.84. The third-order valence-corrected chi connectivity index (χ3v) is 3.98. The third kappa shape index (κ3) is 5.71. The van der Waals surface area contributed by atoms with E-state index in [1.807, 2.05) is 0 Å². The van der Waals surface area contributed by atoms with Gasteiger partial charge in [0.15, 0.2) is 0 Å². The minimum absolute atomic E-state index is 0.224. The van der Waals surface area contributed by atoms with Gasteiger partial charge in [-0.15, -0.1) is 0 Å². The Morgan fingerprint density at radius 1 is 1.06 bits per heavy atom. The van der Waals surface area contributed by atoms with Crippen LogP contribution in [-0.2, 0) is 0 Å². The highest BCUT2D eigenvalue weighted by Crippen LogP contribution is 2.26. The highest BCUT2D eigenvalue weighted by atomic mass is 15.2. The quantitative estimate of drug-likeness (QED) is 0.778. The summed E-state index contributed by atoms with van der Waals surface area (Å²) in [5.74, 6) is 0. The van der Waals surface area contributed by atoms with E-state index in [4.69, 9.17) is 0 Å². The normalized spacial score (nSPS) is 18.8. The second-order valence-electron chi connectivity index (χ2n) is 7.77. The molecule has 2 heteroatoms. The van der Waals surface area contributed by atoms with Crippen LogP contribution in [0.3, 0.4) is 0 Å². The van der Waals surface area contributed by atoms with E-state index in [-0.39, 0.29) is 5.54 Å².